The Hall–Kier alpha value is -2.09. The minimum Gasteiger partial charge on any atom is -0.346 e. The molecule has 2 heteroatoms. The van der Waals surface area contributed by atoms with Crippen LogP contribution in [0.25, 0.3) is 0 Å². The van der Waals surface area contributed by atoms with Crippen molar-refractivity contribution in [2.24, 2.45) is 5.92 Å². The molecule has 2 aromatic carbocycles. The topological polar surface area (TPSA) is 29.1 Å². The van der Waals surface area contributed by atoms with Gasteiger partial charge in [-0.3, -0.25) is 4.79 Å². The zero-order valence-electron chi connectivity index (χ0n) is 13.9. The van der Waals surface area contributed by atoms with Crippen LogP contribution >= 0.6 is 0 Å². The molecule has 0 fully saturated rings. The number of aryl methyl sites for hydroxylation is 1. The Bertz CT molecular complexity index is 628. The third-order valence-electron chi connectivity index (χ3n) is 3.75. The molecule has 1 atom stereocenters. The molecule has 0 aliphatic carbocycles. The van der Waals surface area contributed by atoms with Gasteiger partial charge in [-0.25, -0.2) is 0 Å². The van der Waals surface area contributed by atoms with E-state index in [9.17, 15) is 4.79 Å². The largest absolute Gasteiger partial charge is 0.346 e. The van der Waals surface area contributed by atoms with E-state index < -0.39 is 0 Å². The molecule has 0 heterocycles. The second-order valence-corrected chi connectivity index (χ2v) is 6.40. The molecular weight excluding hydrogens is 270 g/mol. The van der Waals surface area contributed by atoms with Crippen molar-refractivity contribution in [1.82, 2.24) is 5.32 Å². The van der Waals surface area contributed by atoms with Crippen molar-refractivity contribution in [3.8, 4) is 0 Å². The number of benzene rings is 2. The molecule has 2 rings (SSSR count). The lowest BCUT2D eigenvalue weighted by Crippen LogP contribution is -2.26. The molecule has 0 spiro atoms. The maximum Gasteiger partial charge on any atom is 0.251 e. The van der Waals surface area contributed by atoms with Gasteiger partial charge in [0, 0.05) is 5.56 Å². The van der Waals surface area contributed by atoms with Crippen LogP contribution in [-0.2, 0) is 6.42 Å². The quantitative estimate of drug-likeness (QED) is 0.852. The maximum absolute atomic E-state index is 12.3. The number of rotatable bonds is 5. The fourth-order valence-electron chi connectivity index (χ4n) is 2.56. The Labute approximate surface area is 133 Å². The van der Waals surface area contributed by atoms with Crippen molar-refractivity contribution in [2.75, 3.05) is 0 Å². The lowest BCUT2D eigenvalue weighted by Gasteiger charge is -2.15. The van der Waals surface area contributed by atoms with Crippen LogP contribution < -0.4 is 5.32 Å². The third-order valence-corrected chi connectivity index (χ3v) is 3.75. The van der Waals surface area contributed by atoms with E-state index >= 15 is 0 Å². The van der Waals surface area contributed by atoms with Crippen LogP contribution in [0.3, 0.4) is 0 Å². The molecule has 22 heavy (non-hydrogen) atoms. The van der Waals surface area contributed by atoms with E-state index in [1.54, 1.807) is 0 Å². The molecule has 0 bridgehead atoms. The molecule has 2 aromatic rings. The Morgan fingerprint density at radius 3 is 2.32 bits per heavy atom. The zero-order valence-corrected chi connectivity index (χ0v) is 13.9. The molecular formula is C20H25NO. The van der Waals surface area contributed by atoms with Crippen LogP contribution in [0.2, 0.25) is 0 Å². The summed E-state index contributed by atoms with van der Waals surface area (Å²) in [7, 11) is 0. The van der Waals surface area contributed by atoms with E-state index in [0.29, 0.717) is 11.5 Å². The van der Waals surface area contributed by atoms with Gasteiger partial charge in [0.05, 0.1) is 6.04 Å². The normalized spacial score (nSPS) is 12.2. The average molecular weight is 295 g/mol. The van der Waals surface area contributed by atoms with Gasteiger partial charge < -0.3 is 5.32 Å². The fourth-order valence-corrected chi connectivity index (χ4v) is 2.56. The van der Waals surface area contributed by atoms with Gasteiger partial charge in [0.15, 0.2) is 0 Å². The molecule has 1 amide bonds. The summed E-state index contributed by atoms with van der Waals surface area (Å²) in [6.07, 6.45) is 1.09. The molecule has 0 saturated carbocycles. The minimum absolute atomic E-state index is 0.00103. The third kappa shape index (κ3) is 4.45. The monoisotopic (exact) mass is 295 g/mol. The summed E-state index contributed by atoms with van der Waals surface area (Å²) in [6.45, 7) is 8.45. The average Bonchev–Trinajstić information content (AvgIpc) is 2.47. The van der Waals surface area contributed by atoms with Crippen LogP contribution in [0.1, 0.15) is 53.9 Å². The van der Waals surface area contributed by atoms with Crippen LogP contribution in [-0.4, -0.2) is 5.91 Å². The number of carbonyl (C=O) groups is 1. The first-order valence-corrected chi connectivity index (χ1v) is 7.92. The van der Waals surface area contributed by atoms with Crippen LogP contribution in [0.5, 0.6) is 0 Å². The van der Waals surface area contributed by atoms with Crippen molar-refractivity contribution in [2.45, 2.75) is 40.2 Å². The number of carbonyl (C=O) groups excluding carboxylic acids is 1. The second-order valence-electron chi connectivity index (χ2n) is 6.40. The molecule has 0 aliphatic heterocycles. The van der Waals surface area contributed by atoms with E-state index in [2.05, 4.69) is 43.4 Å². The van der Waals surface area contributed by atoms with E-state index in [-0.39, 0.29) is 11.9 Å². The molecule has 116 valence electrons. The summed E-state index contributed by atoms with van der Waals surface area (Å²) in [5, 5.41) is 3.06. The lowest BCUT2D eigenvalue weighted by molar-refractivity contribution is 0.0940. The first-order chi connectivity index (χ1) is 10.5. The van der Waals surface area contributed by atoms with Gasteiger partial charge in [0.25, 0.3) is 5.91 Å². The van der Waals surface area contributed by atoms with Gasteiger partial charge in [-0.15, -0.1) is 0 Å². The Kier molecular flexibility index (Phi) is 5.37. The highest BCUT2D eigenvalue weighted by Gasteiger charge is 2.11. The fraction of sp³-hybridized carbons (Fsp3) is 0.350. The van der Waals surface area contributed by atoms with Crippen molar-refractivity contribution < 1.29 is 4.79 Å². The van der Waals surface area contributed by atoms with Crippen LogP contribution in [0.15, 0.2) is 48.5 Å². The molecule has 0 radical (unpaired) electrons. The van der Waals surface area contributed by atoms with E-state index in [1.165, 1.54) is 5.56 Å². The summed E-state index contributed by atoms with van der Waals surface area (Å²) in [5.74, 6) is 0.631. The van der Waals surface area contributed by atoms with Gasteiger partial charge >= 0.3 is 0 Å². The predicted octanol–water partition coefficient (Wildman–Crippen LogP) is 4.68. The van der Waals surface area contributed by atoms with Gasteiger partial charge in [-0.05, 0) is 49.4 Å². The highest BCUT2D eigenvalue weighted by Crippen LogP contribution is 2.16. The SMILES string of the molecule is Cc1cccc(C(=O)N[C@@H](C)c2ccc(CC(C)C)cc2)c1. The summed E-state index contributed by atoms with van der Waals surface area (Å²) in [4.78, 5) is 12.3. The van der Waals surface area contributed by atoms with Crippen LogP contribution in [0.4, 0.5) is 0 Å². The van der Waals surface area contributed by atoms with E-state index in [4.69, 9.17) is 0 Å². The first kappa shape index (κ1) is 16.3. The Balaban J connectivity index is 2.02. The molecule has 0 unspecified atom stereocenters. The Morgan fingerprint density at radius 2 is 1.73 bits per heavy atom. The first-order valence-electron chi connectivity index (χ1n) is 7.92. The summed E-state index contributed by atoms with van der Waals surface area (Å²) in [6, 6.07) is 16.2. The summed E-state index contributed by atoms with van der Waals surface area (Å²) < 4.78 is 0. The smallest absolute Gasteiger partial charge is 0.251 e. The van der Waals surface area contributed by atoms with Gasteiger partial charge in [0.2, 0.25) is 0 Å². The van der Waals surface area contributed by atoms with Crippen molar-refractivity contribution in [1.29, 1.82) is 0 Å². The molecule has 0 saturated heterocycles. The van der Waals surface area contributed by atoms with Crippen molar-refractivity contribution in [3.05, 3.63) is 70.8 Å². The van der Waals surface area contributed by atoms with Crippen LogP contribution in [0, 0.1) is 12.8 Å². The molecule has 2 nitrogen and oxygen atoms in total. The number of hydrogen-bond acceptors (Lipinski definition) is 1. The zero-order chi connectivity index (χ0) is 16.1. The van der Waals surface area contributed by atoms with Gasteiger partial charge in [-0.2, -0.15) is 0 Å². The summed E-state index contributed by atoms with van der Waals surface area (Å²) in [5.41, 5.74) is 4.28. The number of hydrogen-bond donors (Lipinski definition) is 1. The molecule has 0 aliphatic rings. The summed E-state index contributed by atoms with van der Waals surface area (Å²) >= 11 is 0. The predicted molar refractivity (Wildman–Crippen MR) is 92.0 cm³/mol. The van der Waals surface area contributed by atoms with E-state index in [1.807, 2.05) is 38.1 Å². The highest BCUT2D eigenvalue weighted by atomic mass is 16.1. The molecule has 0 aromatic heterocycles. The lowest BCUT2D eigenvalue weighted by atomic mass is 10.00. The van der Waals surface area contributed by atoms with Gasteiger partial charge in [0.1, 0.15) is 0 Å². The van der Waals surface area contributed by atoms with E-state index in [0.717, 1.165) is 17.5 Å². The number of amides is 1. The van der Waals surface area contributed by atoms with Gasteiger partial charge in [-0.1, -0.05) is 55.8 Å². The maximum atomic E-state index is 12.3. The molecule has 1 N–H and O–H groups in total. The Morgan fingerprint density at radius 1 is 1.05 bits per heavy atom. The van der Waals surface area contributed by atoms with Crippen molar-refractivity contribution in [3.63, 3.8) is 0 Å². The standard InChI is InChI=1S/C20H25NO/c1-14(2)12-17-8-10-18(11-9-17)16(4)21-20(22)19-7-5-6-15(3)13-19/h5-11,13-14,16H,12H2,1-4H3,(H,21,22)/t16-/m0/s1. The minimum atomic E-state index is -0.0255. The highest BCUT2D eigenvalue weighted by molar-refractivity contribution is 5.94. The van der Waals surface area contributed by atoms with Crippen molar-refractivity contribution >= 4 is 5.91 Å². The number of nitrogens with one attached hydrogen (secondary N) is 1. The second kappa shape index (κ2) is 7.26.